The zero-order valence-corrected chi connectivity index (χ0v) is 13.9. The monoisotopic (exact) mass is 335 g/mol. The molecule has 0 fully saturated rings. The molecule has 23 heavy (non-hydrogen) atoms. The number of carbonyl (C=O) groups excluding carboxylic acids is 1. The van der Waals surface area contributed by atoms with E-state index in [0.717, 1.165) is 29.7 Å². The molecule has 4 nitrogen and oxygen atoms in total. The van der Waals surface area contributed by atoms with Crippen LogP contribution in [-0.4, -0.2) is 31.6 Å². The molecule has 0 spiro atoms. The normalized spacial score (nSPS) is 14.6. The molecule has 1 aromatic carbocycles. The van der Waals surface area contributed by atoms with Crippen molar-refractivity contribution in [1.29, 1.82) is 0 Å². The zero-order valence-electron chi connectivity index (χ0n) is 13.1. The van der Waals surface area contributed by atoms with Crippen molar-refractivity contribution < 1.29 is 18.7 Å². The Morgan fingerprint density at radius 2 is 2.17 bits per heavy atom. The Hall–Kier alpha value is -1.76. The van der Waals surface area contributed by atoms with Gasteiger partial charge in [-0.1, -0.05) is 0 Å². The molecule has 1 aliphatic rings. The number of fused-ring (bicyclic) bond motifs is 1. The van der Waals surface area contributed by atoms with E-state index in [0.29, 0.717) is 18.0 Å². The quantitative estimate of drug-likeness (QED) is 0.635. The number of thiophene rings is 1. The average molecular weight is 335 g/mol. The van der Waals surface area contributed by atoms with Crippen molar-refractivity contribution in [2.75, 3.05) is 20.7 Å². The number of benzene rings is 1. The number of ether oxygens (including phenoxy) is 2. The maximum atomic E-state index is 14.2. The Morgan fingerprint density at radius 1 is 1.35 bits per heavy atom. The van der Waals surface area contributed by atoms with E-state index in [9.17, 15) is 9.18 Å². The lowest BCUT2D eigenvalue weighted by Crippen LogP contribution is -2.26. The summed E-state index contributed by atoms with van der Waals surface area (Å²) < 4.78 is 24.5. The van der Waals surface area contributed by atoms with Gasteiger partial charge in [-0.15, -0.1) is 11.3 Å². The third-order valence-electron chi connectivity index (χ3n) is 3.83. The molecule has 3 rings (SSSR count). The first-order valence-electron chi connectivity index (χ1n) is 7.35. The Bertz CT molecular complexity index is 729. The fourth-order valence-corrected chi connectivity index (χ4v) is 3.42. The van der Waals surface area contributed by atoms with Gasteiger partial charge in [-0.2, -0.15) is 0 Å². The predicted molar refractivity (Wildman–Crippen MR) is 86.4 cm³/mol. The molecule has 0 bridgehead atoms. The number of halogens is 1. The van der Waals surface area contributed by atoms with Crippen molar-refractivity contribution in [2.45, 2.75) is 19.6 Å². The van der Waals surface area contributed by atoms with Crippen LogP contribution in [0.15, 0.2) is 23.6 Å². The smallest absolute Gasteiger partial charge is 0.353 e. The molecule has 2 heterocycles. The molecule has 0 radical (unpaired) electrons. The molecule has 6 heteroatoms. The number of likely N-dealkylation sites (N-methyl/N-ethyl adjacent to an activating group) is 1. The summed E-state index contributed by atoms with van der Waals surface area (Å²) in [5, 5.41) is 1.83. The van der Waals surface area contributed by atoms with Crippen LogP contribution in [0.3, 0.4) is 0 Å². The Kier molecular flexibility index (Phi) is 4.75. The van der Waals surface area contributed by atoms with Gasteiger partial charge in [0.2, 0.25) is 0 Å². The molecule has 122 valence electrons. The Labute approximate surface area is 138 Å². The second-order valence-electron chi connectivity index (χ2n) is 5.68. The third kappa shape index (κ3) is 3.60. The second kappa shape index (κ2) is 6.78. The molecule has 0 atom stereocenters. The van der Waals surface area contributed by atoms with Crippen LogP contribution in [0.25, 0.3) is 0 Å². The number of carbonyl (C=O) groups is 1. The third-order valence-corrected chi connectivity index (χ3v) is 4.78. The van der Waals surface area contributed by atoms with E-state index >= 15 is 0 Å². The van der Waals surface area contributed by atoms with Crippen molar-refractivity contribution in [3.63, 3.8) is 0 Å². The van der Waals surface area contributed by atoms with E-state index in [1.165, 1.54) is 17.4 Å². The summed E-state index contributed by atoms with van der Waals surface area (Å²) in [5.74, 6) is -1.04. The van der Waals surface area contributed by atoms with Gasteiger partial charge in [0.15, 0.2) is 11.6 Å². The van der Waals surface area contributed by atoms with Crippen LogP contribution in [0.2, 0.25) is 0 Å². The molecule has 0 unspecified atom stereocenters. The van der Waals surface area contributed by atoms with Gasteiger partial charge in [0.25, 0.3) is 0 Å². The molecule has 2 aromatic rings. The van der Waals surface area contributed by atoms with Crippen LogP contribution < -0.4 is 4.74 Å². The molecule has 0 saturated heterocycles. The molecule has 1 aromatic heterocycles. The highest BCUT2D eigenvalue weighted by atomic mass is 32.1. The van der Waals surface area contributed by atoms with E-state index in [4.69, 9.17) is 9.47 Å². The van der Waals surface area contributed by atoms with Crippen molar-refractivity contribution in [3.8, 4) is 5.75 Å². The van der Waals surface area contributed by atoms with Crippen LogP contribution in [0.5, 0.6) is 5.75 Å². The zero-order chi connectivity index (χ0) is 16.4. The summed E-state index contributed by atoms with van der Waals surface area (Å²) in [6.45, 7) is 2.06. The molecule has 0 aliphatic carbocycles. The van der Waals surface area contributed by atoms with E-state index in [1.807, 2.05) is 12.4 Å². The lowest BCUT2D eigenvalue weighted by Gasteiger charge is -2.25. The minimum Gasteiger partial charge on any atom is -0.419 e. The summed E-state index contributed by atoms with van der Waals surface area (Å²) in [6.07, 6.45) is 0.827. The van der Waals surface area contributed by atoms with Gasteiger partial charge < -0.3 is 14.4 Å². The number of nitrogens with zero attached hydrogens (tertiary/aromatic N) is 1. The van der Waals surface area contributed by atoms with Crippen molar-refractivity contribution in [3.05, 3.63) is 51.0 Å². The summed E-state index contributed by atoms with van der Waals surface area (Å²) in [4.78, 5) is 14.8. The minimum atomic E-state index is -0.538. The molecule has 1 aliphatic heterocycles. The van der Waals surface area contributed by atoms with Crippen LogP contribution in [0, 0.1) is 5.82 Å². The highest BCUT2D eigenvalue weighted by molar-refractivity contribution is 7.12. The first-order chi connectivity index (χ1) is 11.1. The Morgan fingerprint density at radius 3 is 2.96 bits per heavy atom. The summed E-state index contributed by atoms with van der Waals surface area (Å²) >= 11 is 1.27. The van der Waals surface area contributed by atoms with Crippen LogP contribution in [0.1, 0.15) is 26.4 Å². The maximum Gasteiger partial charge on any atom is 0.353 e. The second-order valence-corrected chi connectivity index (χ2v) is 6.59. The number of rotatable bonds is 4. The first-order valence-corrected chi connectivity index (χ1v) is 8.23. The predicted octanol–water partition coefficient (Wildman–Crippen LogP) is 3.24. The van der Waals surface area contributed by atoms with Crippen molar-refractivity contribution in [2.24, 2.45) is 0 Å². The number of esters is 1. The number of methoxy groups -OCH3 is 1. The Balaban J connectivity index is 1.78. The highest BCUT2D eigenvalue weighted by Gasteiger charge is 2.19. The van der Waals surface area contributed by atoms with Gasteiger partial charge in [-0.25, -0.2) is 9.18 Å². The summed E-state index contributed by atoms with van der Waals surface area (Å²) in [7, 11) is 3.60. The van der Waals surface area contributed by atoms with Crippen LogP contribution in [0.4, 0.5) is 4.39 Å². The van der Waals surface area contributed by atoms with Gasteiger partial charge in [-0.05, 0) is 53.7 Å². The maximum absolute atomic E-state index is 14.2. The summed E-state index contributed by atoms with van der Waals surface area (Å²) in [5.41, 5.74) is 2.89. The number of hydrogen-bond acceptors (Lipinski definition) is 5. The SMILES string of the molecule is COCc1csc(C(=O)Oc2cc3c(cc2F)CN(C)CC3)c1. The van der Waals surface area contributed by atoms with E-state index in [1.54, 1.807) is 19.2 Å². The average Bonchev–Trinajstić information content (AvgIpc) is 2.97. The fourth-order valence-electron chi connectivity index (χ4n) is 2.65. The molecular weight excluding hydrogens is 317 g/mol. The van der Waals surface area contributed by atoms with Gasteiger partial charge in [0.05, 0.1) is 6.61 Å². The van der Waals surface area contributed by atoms with E-state index < -0.39 is 11.8 Å². The van der Waals surface area contributed by atoms with E-state index in [2.05, 4.69) is 4.90 Å². The van der Waals surface area contributed by atoms with Gasteiger partial charge in [-0.3, -0.25) is 0 Å². The number of hydrogen-bond donors (Lipinski definition) is 0. The highest BCUT2D eigenvalue weighted by Crippen LogP contribution is 2.28. The standard InChI is InChI=1S/C17H18FNO3S/c1-19-4-3-12-7-15(14(18)6-13(12)8-19)22-17(20)16-5-11(9-21-2)10-23-16/h5-7,10H,3-4,8-9H2,1-2H3. The molecule has 0 saturated carbocycles. The van der Waals surface area contributed by atoms with Gasteiger partial charge in [0.1, 0.15) is 4.88 Å². The lowest BCUT2D eigenvalue weighted by atomic mass is 9.99. The first kappa shape index (κ1) is 16.1. The lowest BCUT2D eigenvalue weighted by molar-refractivity contribution is 0.0732. The molecular formula is C17H18FNO3S. The topological polar surface area (TPSA) is 38.8 Å². The van der Waals surface area contributed by atoms with Gasteiger partial charge >= 0.3 is 5.97 Å². The molecule has 0 amide bonds. The van der Waals surface area contributed by atoms with Gasteiger partial charge in [0, 0.05) is 20.2 Å². The van der Waals surface area contributed by atoms with Crippen molar-refractivity contribution >= 4 is 17.3 Å². The molecule has 0 N–H and O–H groups in total. The minimum absolute atomic E-state index is 0.00000501. The largest absolute Gasteiger partial charge is 0.419 e. The van der Waals surface area contributed by atoms with Crippen molar-refractivity contribution in [1.82, 2.24) is 4.90 Å². The van der Waals surface area contributed by atoms with E-state index in [-0.39, 0.29) is 5.75 Å². The summed E-state index contributed by atoms with van der Waals surface area (Å²) in [6, 6.07) is 4.83. The van der Waals surface area contributed by atoms with Crippen LogP contribution in [-0.2, 0) is 24.3 Å². The van der Waals surface area contributed by atoms with Crippen LogP contribution >= 0.6 is 11.3 Å². The fraction of sp³-hybridized carbons (Fsp3) is 0.353.